The van der Waals surface area contributed by atoms with Gasteiger partial charge in [-0.05, 0) is 49.3 Å². The van der Waals surface area contributed by atoms with E-state index in [0.717, 1.165) is 16.9 Å². The minimum Gasteiger partial charge on any atom is -0.382 e. The molecule has 1 fully saturated rings. The van der Waals surface area contributed by atoms with Gasteiger partial charge < -0.3 is 10.6 Å². The van der Waals surface area contributed by atoms with Gasteiger partial charge in [-0.1, -0.05) is 19.9 Å². The molecule has 0 aromatic heterocycles. The molecule has 1 aromatic carbocycles. The van der Waals surface area contributed by atoms with E-state index in [1.54, 1.807) is 6.92 Å². The number of amides is 1. The monoisotopic (exact) mass is 260 g/mol. The number of anilines is 2. The zero-order valence-corrected chi connectivity index (χ0v) is 12.3. The molecule has 0 saturated heterocycles. The first kappa shape index (κ1) is 13.9. The number of benzene rings is 1. The summed E-state index contributed by atoms with van der Waals surface area (Å²) in [5.41, 5.74) is 3.53. The molecule has 1 amide bonds. The minimum absolute atomic E-state index is 0.0257. The number of aryl methyl sites for hydroxylation is 1. The van der Waals surface area contributed by atoms with Crippen molar-refractivity contribution < 1.29 is 4.79 Å². The fraction of sp³-hybridized carbons (Fsp3) is 0.562. The van der Waals surface area contributed by atoms with Crippen LogP contribution in [0.4, 0.5) is 11.4 Å². The Morgan fingerprint density at radius 3 is 2.68 bits per heavy atom. The first-order valence-corrected chi connectivity index (χ1v) is 7.00. The first-order valence-electron chi connectivity index (χ1n) is 7.00. The fourth-order valence-electron chi connectivity index (χ4n) is 2.83. The molecule has 3 nitrogen and oxygen atoms in total. The third-order valence-corrected chi connectivity index (χ3v) is 3.89. The fourth-order valence-corrected chi connectivity index (χ4v) is 2.83. The van der Waals surface area contributed by atoms with Crippen molar-refractivity contribution in [1.29, 1.82) is 0 Å². The molecule has 1 aliphatic carbocycles. The average molecular weight is 260 g/mol. The zero-order valence-electron chi connectivity index (χ0n) is 12.3. The highest BCUT2D eigenvalue weighted by Crippen LogP contribution is 2.38. The van der Waals surface area contributed by atoms with E-state index >= 15 is 0 Å². The molecule has 1 saturated carbocycles. The van der Waals surface area contributed by atoms with Crippen LogP contribution in [0.2, 0.25) is 0 Å². The predicted molar refractivity (Wildman–Crippen MR) is 80.5 cm³/mol. The second-order valence-electron chi connectivity index (χ2n) is 6.46. The molecule has 2 N–H and O–H groups in total. The molecule has 0 radical (unpaired) electrons. The van der Waals surface area contributed by atoms with E-state index in [4.69, 9.17) is 0 Å². The molecular formula is C16H24N2O. The van der Waals surface area contributed by atoms with Gasteiger partial charge in [-0.25, -0.2) is 0 Å². The molecule has 1 unspecified atom stereocenters. The van der Waals surface area contributed by atoms with Crippen molar-refractivity contribution in [3.05, 3.63) is 23.8 Å². The Bertz CT molecular complexity index is 480. The average Bonchev–Trinajstić information content (AvgIpc) is 2.62. The lowest BCUT2D eigenvalue weighted by atomic mass is 9.92. The van der Waals surface area contributed by atoms with Gasteiger partial charge in [0.2, 0.25) is 5.91 Å². The van der Waals surface area contributed by atoms with E-state index in [9.17, 15) is 4.79 Å². The molecule has 3 heteroatoms. The van der Waals surface area contributed by atoms with Gasteiger partial charge in [0.1, 0.15) is 0 Å². The number of carbonyl (C=O) groups is 1. The molecule has 0 bridgehead atoms. The second-order valence-corrected chi connectivity index (χ2v) is 6.46. The van der Waals surface area contributed by atoms with E-state index < -0.39 is 0 Å². The Morgan fingerprint density at radius 1 is 1.37 bits per heavy atom. The van der Waals surface area contributed by atoms with E-state index in [1.165, 1.54) is 19.3 Å². The lowest BCUT2D eigenvalue weighted by Crippen LogP contribution is -2.17. The van der Waals surface area contributed by atoms with Crippen LogP contribution >= 0.6 is 0 Å². The summed E-state index contributed by atoms with van der Waals surface area (Å²) in [7, 11) is 0. The van der Waals surface area contributed by atoms with Gasteiger partial charge in [0.15, 0.2) is 0 Å². The van der Waals surface area contributed by atoms with Crippen LogP contribution in [-0.4, -0.2) is 11.9 Å². The van der Waals surface area contributed by atoms with E-state index in [-0.39, 0.29) is 5.91 Å². The molecule has 0 aliphatic heterocycles. The molecule has 0 spiro atoms. The quantitative estimate of drug-likeness (QED) is 0.864. The number of hydrogen-bond donors (Lipinski definition) is 2. The van der Waals surface area contributed by atoms with E-state index in [0.29, 0.717) is 11.5 Å². The van der Waals surface area contributed by atoms with Crippen LogP contribution in [0.1, 0.15) is 45.6 Å². The van der Waals surface area contributed by atoms with Crippen molar-refractivity contribution in [3.63, 3.8) is 0 Å². The van der Waals surface area contributed by atoms with Crippen LogP contribution in [0.25, 0.3) is 0 Å². The summed E-state index contributed by atoms with van der Waals surface area (Å²) in [6.07, 6.45) is 3.70. The van der Waals surface area contributed by atoms with Crippen molar-refractivity contribution >= 4 is 17.3 Å². The van der Waals surface area contributed by atoms with Crippen molar-refractivity contribution in [1.82, 2.24) is 0 Å². The third-order valence-electron chi connectivity index (χ3n) is 3.89. The molecule has 1 aliphatic rings. The molecule has 1 atom stereocenters. The number of rotatable bonds is 3. The summed E-state index contributed by atoms with van der Waals surface area (Å²) >= 11 is 0. The number of hydrogen-bond acceptors (Lipinski definition) is 2. The van der Waals surface area contributed by atoms with Crippen LogP contribution in [0.5, 0.6) is 0 Å². The minimum atomic E-state index is -0.0257. The first-order chi connectivity index (χ1) is 8.85. The molecule has 19 heavy (non-hydrogen) atoms. The predicted octanol–water partition coefficient (Wildman–Crippen LogP) is 3.94. The highest BCUT2D eigenvalue weighted by Gasteiger charge is 2.30. The topological polar surface area (TPSA) is 41.1 Å². The zero-order chi connectivity index (χ0) is 14.0. The van der Waals surface area contributed by atoms with Crippen LogP contribution in [-0.2, 0) is 4.79 Å². The molecule has 104 valence electrons. The SMILES string of the molecule is CC(=O)Nc1cc(NC2CCC(C)(C)C2)ccc1C. The summed E-state index contributed by atoms with van der Waals surface area (Å²) < 4.78 is 0. The standard InChI is InChI=1S/C16H24N2O/c1-11-5-6-13(9-15(11)17-12(2)19)18-14-7-8-16(3,4)10-14/h5-6,9,14,18H,7-8,10H2,1-4H3,(H,17,19). The Morgan fingerprint density at radius 2 is 2.11 bits per heavy atom. The highest BCUT2D eigenvalue weighted by molar-refractivity contribution is 5.90. The lowest BCUT2D eigenvalue weighted by molar-refractivity contribution is -0.114. The van der Waals surface area contributed by atoms with Gasteiger partial charge in [0.05, 0.1) is 0 Å². The van der Waals surface area contributed by atoms with E-state index in [1.807, 2.05) is 19.1 Å². The largest absolute Gasteiger partial charge is 0.382 e. The summed E-state index contributed by atoms with van der Waals surface area (Å²) in [5, 5.41) is 6.46. The Labute approximate surface area is 115 Å². The summed E-state index contributed by atoms with van der Waals surface area (Å²) in [4.78, 5) is 11.2. The van der Waals surface area contributed by atoms with Gasteiger partial charge in [0.25, 0.3) is 0 Å². The summed E-state index contributed by atoms with van der Waals surface area (Å²) in [6, 6.07) is 6.71. The van der Waals surface area contributed by atoms with Gasteiger partial charge >= 0.3 is 0 Å². The second kappa shape index (κ2) is 5.24. The molecule has 0 heterocycles. The highest BCUT2D eigenvalue weighted by atomic mass is 16.1. The Hall–Kier alpha value is -1.51. The van der Waals surface area contributed by atoms with Crippen molar-refractivity contribution in [2.75, 3.05) is 10.6 Å². The van der Waals surface area contributed by atoms with Gasteiger partial charge in [-0.2, -0.15) is 0 Å². The van der Waals surface area contributed by atoms with Gasteiger partial charge in [0, 0.05) is 24.3 Å². The van der Waals surface area contributed by atoms with Gasteiger partial charge in [-0.3, -0.25) is 4.79 Å². The van der Waals surface area contributed by atoms with Gasteiger partial charge in [-0.15, -0.1) is 0 Å². The maximum atomic E-state index is 11.2. The van der Waals surface area contributed by atoms with Crippen molar-refractivity contribution in [2.45, 2.75) is 53.0 Å². The summed E-state index contributed by atoms with van der Waals surface area (Å²) in [6.45, 7) is 8.20. The molecule has 2 rings (SSSR count). The smallest absolute Gasteiger partial charge is 0.221 e. The van der Waals surface area contributed by atoms with Crippen LogP contribution < -0.4 is 10.6 Å². The normalized spacial score (nSPS) is 21.2. The maximum absolute atomic E-state index is 11.2. The maximum Gasteiger partial charge on any atom is 0.221 e. The third kappa shape index (κ3) is 3.72. The Kier molecular flexibility index (Phi) is 3.83. The van der Waals surface area contributed by atoms with E-state index in [2.05, 4.69) is 30.5 Å². The number of carbonyl (C=O) groups excluding carboxylic acids is 1. The molecule has 1 aromatic rings. The van der Waals surface area contributed by atoms with Crippen LogP contribution in [0, 0.1) is 12.3 Å². The van der Waals surface area contributed by atoms with Crippen LogP contribution in [0.3, 0.4) is 0 Å². The van der Waals surface area contributed by atoms with Crippen molar-refractivity contribution in [2.24, 2.45) is 5.41 Å². The number of nitrogens with one attached hydrogen (secondary N) is 2. The van der Waals surface area contributed by atoms with Crippen molar-refractivity contribution in [3.8, 4) is 0 Å². The Balaban J connectivity index is 2.07. The summed E-state index contributed by atoms with van der Waals surface area (Å²) in [5.74, 6) is -0.0257. The lowest BCUT2D eigenvalue weighted by Gasteiger charge is -2.19. The molecular weight excluding hydrogens is 236 g/mol. The van der Waals surface area contributed by atoms with Crippen LogP contribution in [0.15, 0.2) is 18.2 Å².